The van der Waals surface area contributed by atoms with Crippen molar-refractivity contribution in [2.75, 3.05) is 20.3 Å². The molecule has 1 aromatic heterocycles. The van der Waals surface area contributed by atoms with Gasteiger partial charge in [0.05, 0.1) is 7.11 Å². The van der Waals surface area contributed by atoms with Crippen molar-refractivity contribution in [3.63, 3.8) is 0 Å². The maximum absolute atomic E-state index is 12.9. The Kier molecular flexibility index (Phi) is 7.16. The van der Waals surface area contributed by atoms with Gasteiger partial charge in [0.2, 0.25) is 0 Å². The second-order valence-electron chi connectivity index (χ2n) is 8.04. The van der Waals surface area contributed by atoms with Crippen LogP contribution in [0.4, 0.5) is 0 Å². The monoisotopic (exact) mass is 456 g/mol. The zero-order valence-electron chi connectivity index (χ0n) is 18.7. The van der Waals surface area contributed by atoms with Gasteiger partial charge in [0.1, 0.15) is 43.0 Å². The van der Waals surface area contributed by atoms with Gasteiger partial charge in [0.15, 0.2) is 17.2 Å². The molecule has 3 heterocycles. The molecule has 1 fully saturated rings. The fourth-order valence-corrected chi connectivity index (χ4v) is 3.94. The van der Waals surface area contributed by atoms with Crippen LogP contribution in [0.25, 0.3) is 0 Å². The minimum Gasteiger partial charge on any atom is -0.497 e. The number of aromatic nitrogens is 1. The van der Waals surface area contributed by atoms with Crippen LogP contribution >= 0.6 is 0 Å². The Balaban J connectivity index is 1.40. The first-order chi connectivity index (χ1) is 16.0. The summed E-state index contributed by atoms with van der Waals surface area (Å²) >= 11 is 0. The van der Waals surface area contributed by atoms with Gasteiger partial charge < -0.3 is 29.0 Å². The molecule has 1 N–H and O–H groups in total. The number of benzene rings is 1. The Labute approximate surface area is 192 Å². The number of carbonyl (C=O) groups excluding carboxylic acids is 2. The molecule has 2 aliphatic heterocycles. The maximum atomic E-state index is 12.9. The molecular weight excluding hydrogens is 428 g/mol. The van der Waals surface area contributed by atoms with Crippen molar-refractivity contribution in [3.8, 4) is 23.0 Å². The second-order valence-corrected chi connectivity index (χ2v) is 8.04. The Morgan fingerprint density at radius 1 is 1.09 bits per heavy atom. The molecule has 2 aliphatic rings. The smallest absolute Gasteiger partial charge is 0.328 e. The molecule has 3 atom stereocenters. The lowest BCUT2D eigenvalue weighted by atomic mass is 10.0. The molecule has 1 saturated heterocycles. The average molecular weight is 456 g/mol. The highest BCUT2D eigenvalue weighted by molar-refractivity contribution is 5.98. The summed E-state index contributed by atoms with van der Waals surface area (Å²) in [6.45, 7) is 2.56. The van der Waals surface area contributed by atoms with E-state index in [1.165, 1.54) is 6.20 Å². The number of rotatable bonds is 5. The number of methoxy groups -OCH3 is 1. The van der Waals surface area contributed by atoms with Crippen molar-refractivity contribution in [2.24, 2.45) is 0 Å². The largest absolute Gasteiger partial charge is 0.497 e. The number of amides is 1. The number of nitrogens with zero attached hydrogens (tertiary/aromatic N) is 1. The summed E-state index contributed by atoms with van der Waals surface area (Å²) in [4.78, 5) is 29.8. The van der Waals surface area contributed by atoms with Crippen molar-refractivity contribution < 1.29 is 33.3 Å². The first-order valence-corrected chi connectivity index (χ1v) is 11.1. The van der Waals surface area contributed by atoms with E-state index in [0.29, 0.717) is 44.0 Å². The number of pyridine rings is 1. The Hall–Kier alpha value is -3.49. The van der Waals surface area contributed by atoms with Crippen LogP contribution in [0.5, 0.6) is 23.0 Å². The lowest BCUT2D eigenvalue weighted by molar-refractivity contribution is -0.151. The quantitative estimate of drug-likeness (QED) is 0.685. The maximum Gasteiger partial charge on any atom is 0.328 e. The molecule has 2 aromatic rings. The lowest BCUT2D eigenvalue weighted by Gasteiger charge is -2.22. The van der Waals surface area contributed by atoms with Crippen LogP contribution < -0.4 is 24.3 Å². The van der Waals surface area contributed by atoms with E-state index in [4.69, 9.17) is 23.7 Å². The first kappa shape index (κ1) is 22.7. The zero-order chi connectivity index (χ0) is 23.2. The van der Waals surface area contributed by atoms with Crippen LogP contribution in [-0.4, -0.2) is 55.4 Å². The number of ether oxygens (including phenoxy) is 5. The Morgan fingerprint density at radius 3 is 2.64 bits per heavy atom. The molecule has 0 radical (unpaired) electrons. The van der Waals surface area contributed by atoms with E-state index in [0.717, 1.165) is 17.9 Å². The average Bonchev–Trinajstić information content (AvgIpc) is 2.88. The highest BCUT2D eigenvalue weighted by Crippen LogP contribution is 2.32. The molecule has 33 heavy (non-hydrogen) atoms. The summed E-state index contributed by atoms with van der Waals surface area (Å²) in [6, 6.07) is 8.23. The lowest BCUT2D eigenvalue weighted by Crippen LogP contribution is -2.43. The Bertz CT molecular complexity index is 979. The number of esters is 1. The molecule has 4 rings (SSSR count). The predicted molar refractivity (Wildman–Crippen MR) is 118 cm³/mol. The van der Waals surface area contributed by atoms with Gasteiger partial charge >= 0.3 is 5.97 Å². The van der Waals surface area contributed by atoms with E-state index in [9.17, 15) is 9.59 Å². The number of nitrogens with one attached hydrogen (secondary N) is 1. The van der Waals surface area contributed by atoms with Gasteiger partial charge in [-0.3, -0.25) is 4.79 Å². The van der Waals surface area contributed by atoms with E-state index in [1.807, 2.05) is 31.2 Å². The molecule has 2 unspecified atom stereocenters. The van der Waals surface area contributed by atoms with Gasteiger partial charge in [-0.2, -0.15) is 0 Å². The van der Waals surface area contributed by atoms with Gasteiger partial charge in [-0.1, -0.05) is 0 Å². The van der Waals surface area contributed by atoms with Gasteiger partial charge in [0, 0.05) is 18.7 Å². The van der Waals surface area contributed by atoms with Crippen molar-refractivity contribution in [3.05, 3.63) is 42.2 Å². The molecule has 9 heteroatoms. The third-order valence-electron chi connectivity index (χ3n) is 5.55. The van der Waals surface area contributed by atoms with Crippen LogP contribution in [-0.2, 0) is 9.53 Å². The number of carbonyl (C=O) groups is 2. The minimum atomic E-state index is -0.790. The standard InChI is InChI=1S/C24H28N2O7/c1-15-14-18(33-17-8-6-16(29-2)7-9-17)4-3-5-19(24(28)32-15)26-23(27)21-22-20(10-11-25-21)30-12-13-31-22/h6-11,15,18-19H,3-5,12-14H2,1-2H3,(H,26,27)/t15?,18?,19-/m0/s1. The summed E-state index contributed by atoms with van der Waals surface area (Å²) in [7, 11) is 1.61. The molecular formula is C24H28N2O7. The van der Waals surface area contributed by atoms with Crippen LogP contribution in [0, 0.1) is 0 Å². The van der Waals surface area contributed by atoms with Crippen LogP contribution in [0.1, 0.15) is 43.1 Å². The minimum absolute atomic E-state index is 0.0913. The summed E-state index contributed by atoms with van der Waals surface area (Å²) in [6.07, 6.45) is 3.36. The van der Waals surface area contributed by atoms with E-state index >= 15 is 0 Å². The van der Waals surface area contributed by atoms with Crippen molar-refractivity contribution in [1.29, 1.82) is 0 Å². The summed E-state index contributed by atoms with van der Waals surface area (Å²) in [5, 5.41) is 2.76. The molecule has 1 aromatic carbocycles. The number of hydrogen-bond donors (Lipinski definition) is 1. The van der Waals surface area contributed by atoms with Gasteiger partial charge in [-0.25, -0.2) is 9.78 Å². The van der Waals surface area contributed by atoms with E-state index in [-0.39, 0.29) is 17.9 Å². The topological polar surface area (TPSA) is 105 Å². The fraction of sp³-hybridized carbons (Fsp3) is 0.458. The summed E-state index contributed by atoms with van der Waals surface area (Å²) < 4.78 is 28.0. The van der Waals surface area contributed by atoms with Crippen molar-refractivity contribution in [2.45, 2.75) is 50.9 Å². The molecule has 0 saturated carbocycles. The van der Waals surface area contributed by atoms with E-state index < -0.39 is 17.9 Å². The molecule has 0 spiro atoms. The van der Waals surface area contributed by atoms with E-state index in [1.54, 1.807) is 13.2 Å². The van der Waals surface area contributed by atoms with Gasteiger partial charge in [0.25, 0.3) is 5.91 Å². The van der Waals surface area contributed by atoms with Gasteiger partial charge in [-0.05, 0) is 50.5 Å². The van der Waals surface area contributed by atoms with Crippen LogP contribution in [0.2, 0.25) is 0 Å². The predicted octanol–water partition coefficient (Wildman–Crippen LogP) is 2.91. The number of cyclic esters (lactones) is 1. The van der Waals surface area contributed by atoms with Crippen LogP contribution in [0.15, 0.2) is 36.5 Å². The third kappa shape index (κ3) is 5.66. The molecule has 0 bridgehead atoms. The fourth-order valence-electron chi connectivity index (χ4n) is 3.94. The summed E-state index contributed by atoms with van der Waals surface area (Å²) in [5.41, 5.74) is 0.0913. The molecule has 1 amide bonds. The van der Waals surface area contributed by atoms with Crippen molar-refractivity contribution in [1.82, 2.24) is 10.3 Å². The van der Waals surface area contributed by atoms with Crippen molar-refractivity contribution >= 4 is 11.9 Å². The first-order valence-electron chi connectivity index (χ1n) is 11.1. The normalized spacial score (nSPS) is 22.7. The molecule has 9 nitrogen and oxygen atoms in total. The number of fused-ring (bicyclic) bond motifs is 1. The zero-order valence-corrected chi connectivity index (χ0v) is 18.7. The molecule has 176 valence electrons. The highest BCUT2D eigenvalue weighted by atomic mass is 16.6. The third-order valence-corrected chi connectivity index (χ3v) is 5.55. The highest BCUT2D eigenvalue weighted by Gasteiger charge is 2.30. The number of hydrogen-bond acceptors (Lipinski definition) is 8. The van der Waals surface area contributed by atoms with Crippen LogP contribution in [0.3, 0.4) is 0 Å². The summed E-state index contributed by atoms with van der Waals surface area (Å²) in [5.74, 6) is 1.26. The van der Waals surface area contributed by atoms with E-state index in [2.05, 4.69) is 10.3 Å². The molecule has 0 aliphatic carbocycles. The van der Waals surface area contributed by atoms with Gasteiger partial charge in [-0.15, -0.1) is 0 Å². The SMILES string of the molecule is COc1ccc(OC2CCC[C@H](NC(=O)c3nccc4c3OCCO4)C(=O)OC(C)C2)cc1. The second kappa shape index (κ2) is 10.4. The Morgan fingerprint density at radius 2 is 1.85 bits per heavy atom.